The van der Waals surface area contributed by atoms with Crippen molar-refractivity contribution < 1.29 is 22.7 Å². The number of carbonyl (C=O) groups excluding carboxylic acids is 1. The van der Waals surface area contributed by atoms with Gasteiger partial charge in [-0.05, 0) is 12.1 Å². The molecule has 1 atom stereocenters. The number of hydrogen-bond donors (Lipinski definition) is 1. The average molecular weight is 383 g/mol. The van der Waals surface area contributed by atoms with Crippen LogP contribution in [0, 0.1) is 0 Å². The zero-order chi connectivity index (χ0) is 18.7. The van der Waals surface area contributed by atoms with Crippen LogP contribution in [-0.2, 0) is 11.8 Å². The molecule has 3 heterocycles. The molecule has 136 valence electrons. The highest BCUT2D eigenvalue weighted by Gasteiger charge is 2.45. The molecule has 3 aromatic heterocycles. The molecule has 7 nitrogen and oxygen atoms in total. The Morgan fingerprint density at radius 1 is 1.38 bits per heavy atom. The third-order valence-corrected chi connectivity index (χ3v) is 3.92. The maximum absolute atomic E-state index is 13.2. The minimum atomic E-state index is -4.77. The number of alkyl halides is 3. The van der Waals surface area contributed by atoms with Crippen LogP contribution in [0.4, 0.5) is 24.1 Å². The molecule has 0 saturated carbocycles. The van der Waals surface area contributed by atoms with Crippen LogP contribution in [0.3, 0.4) is 0 Å². The number of thiazole rings is 1. The zero-order valence-electron chi connectivity index (χ0n) is 13.3. The molecule has 0 unspecified atom stereocenters. The zero-order valence-corrected chi connectivity index (χ0v) is 14.1. The summed E-state index contributed by atoms with van der Waals surface area (Å²) in [5.41, 5.74) is -0.498. The van der Waals surface area contributed by atoms with E-state index in [1.54, 1.807) is 24.4 Å². The second-order valence-corrected chi connectivity index (χ2v) is 6.01. The van der Waals surface area contributed by atoms with E-state index in [1.807, 2.05) is 0 Å². The molecule has 0 aliphatic rings. The summed E-state index contributed by atoms with van der Waals surface area (Å²) in [6.45, 7) is 0. The number of carbonyl (C=O) groups is 1. The van der Waals surface area contributed by atoms with Gasteiger partial charge in [0.1, 0.15) is 5.82 Å². The Bertz CT molecular complexity index is 894. The second kappa shape index (κ2) is 7.12. The minimum absolute atomic E-state index is 0.230. The van der Waals surface area contributed by atoms with Gasteiger partial charge in [-0.2, -0.15) is 18.3 Å². The van der Waals surface area contributed by atoms with E-state index in [0.717, 1.165) is 23.7 Å². The molecule has 3 rings (SSSR count). The largest absolute Gasteiger partial charge is 0.443 e. The van der Waals surface area contributed by atoms with E-state index in [2.05, 4.69) is 25.1 Å². The number of aryl methyl sites for hydroxylation is 1. The molecule has 0 fully saturated rings. The molecular formula is C15H12F3N5O2S. The highest BCUT2D eigenvalue weighted by molar-refractivity contribution is 7.14. The maximum Gasteiger partial charge on any atom is 0.429 e. The van der Waals surface area contributed by atoms with Crippen molar-refractivity contribution in [2.75, 3.05) is 5.32 Å². The van der Waals surface area contributed by atoms with Crippen molar-refractivity contribution >= 4 is 28.3 Å². The number of anilines is 2. The number of halogens is 3. The topological polar surface area (TPSA) is 81.9 Å². The Morgan fingerprint density at radius 2 is 2.19 bits per heavy atom. The molecule has 0 spiro atoms. The van der Waals surface area contributed by atoms with Crippen LogP contribution < -0.4 is 5.32 Å². The van der Waals surface area contributed by atoms with Crippen LogP contribution in [0.5, 0.6) is 0 Å². The number of hydrogen-bond acceptors (Lipinski definition) is 7. The lowest BCUT2D eigenvalue weighted by atomic mass is 10.2. The fourth-order valence-corrected chi connectivity index (χ4v) is 2.72. The lowest BCUT2D eigenvalue weighted by Gasteiger charge is -2.18. The average Bonchev–Trinajstić information content (AvgIpc) is 3.21. The van der Waals surface area contributed by atoms with Crippen LogP contribution in [0.15, 0.2) is 42.2 Å². The first-order valence-electron chi connectivity index (χ1n) is 7.23. The van der Waals surface area contributed by atoms with Gasteiger partial charge in [0.2, 0.25) is 6.10 Å². The summed E-state index contributed by atoms with van der Waals surface area (Å²) < 4.78 is 45.5. The SMILES string of the molecule is Cn1cc([C@@H](OC(=O)c2csc(Nc3ccccn3)n2)C(F)(F)F)cn1. The van der Waals surface area contributed by atoms with Gasteiger partial charge in [0.05, 0.1) is 6.20 Å². The summed E-state index contributed by atoms with van der Waals surface area (Å²) in [6.07, 6.45) is -3.49. The molecule has 3 aromatic rings. The van der Waals surface area contributed by atoms with E-state index in [4.69, 9.17) is 0 Å². The first kappa shape index (κ1) is 17.9. The summed E-state index contributed by atoms with van der Waals surface area (Å²) in [4.78, 5) is 20.1. The molecule has 0 aliphatic heterocycles. The van der Waals surface area contributed by atoms with Gasteiger partial charge in [-0.25, -0.2) is 14.8 Å². The van der Waals surface area contributed by atoms with Crippen molar-refractivity contribution in [3.8, 4) is 0 Å². The Morgan fingerprint density at radius 3 is 2.81 bits per heavy atom. The molecule has 26 heavy (non-hydrogen) atoms. The van der Waals surface area contributed by atoms with Gasteiger partial charge in [-0.1, -0.05) is 6.07 Å². The number of esters is 1. The van der Waals surface area contributed by atoms with Crippen molar-refractivity contribution in [3.05, 3.63) is 53.4 Å². The molecular weight excluding hydrogens is 371 g/mol. The van der Waals surface area contributed by atoms with Crippen molar-refractivity contribution in [2.24, 2.45) is 7.05 Å². The first-order valence-corrected chi connectivity index (χ1v) is 8.11. The number of nitrogens with one attached hydrogen (secondary N) is 1. The van der Waals surface area contributed by atoms with Crippen LogP contribution in [-0.4, -0.2) is 31.9 Å². The third-order valence-electron chi connectivity index (χ3n) is 3.16. The van der Waals surface area contributed by atoms with Gasteiger partial charge in [0, 0.05) is 30.4 Å². The Kier molecular flexibility index (Phi) is 4.89. The number of aromatic nitrogens is 4. The molecule has 0 bridgehead atoms. The van der Waals surface area contributed by atoms with Crippen molar-refractivity contribution in [1.82, 2.24) is 19.7 Å². The van der Waals surface area contributed by atoms with Gasteiger partial charge in [0.15, 0.2) is 10.8 Å². The number of nitrogens with zero attached hydrogens (tertiary/aromatic N) is 4. The predicted molar refractivity (Wildman–Crippen MR) is 87.1 cm³/mol. The lowest BCUT2D eigenvalue weighted by Crippen LogP contribution is -2.26. The van der Waals surface area contributed by atoms with E-state index in [1.165, 1.54) is 17.1 Å². The standard InChI is InChI=1S/C15H12F3N5O2S/c1-23-7-9(6-20-23)12(15(16,17)18)25-13(24)10-8-26-14(21-10)22-11-4-2-3-5-19-11/h2-8,12H,1H3,(H,19,21,22)/t12-/m1/s1. The fraction of sp³-hybridized carbons (Fsp3) is 0.200. The maximum atomic E-state index is 13.2. The van der Waals surface area contributed by atoms with Gasteiger partial charge in [-0.3, -0.25) is 4.68 Å². The van der Waals surface area contributed by atoms with Crippen LogP contribution in [0.1, 0.15) is 22.2 Å². The van der Waals surface area contributed by atoms with Gasteiger partial charge in [-0.15, -0.1) is 11.3 Å². The Hall–Kier alpha value is -2.95. The second-order valence-electron chi connectivity index (χ2n) is 5.15. The lowest BCUT2D eigenvalue weighted by molar-refractivity contribution is -0.207. The smallest absolute Gasteiger partial charge is 0.429 e. The summed E-state index contributed by atoms with van der Waals surface area (Å²) in [7, 11) is 1.47. The molecule has 1 N–H and O–H groups in total. The molecule has 0 radical (unpaired) electrons. The molecule has 11 heteroatoms. The minimum Gasteiger partial charge on any atom is -0.443 e. The predicted octanol–water partition coefficient (Wildman–Crippen LogP) is 3.48. The molecule has 0 aromatic carbocycles. The summed E-state index contributed by atoms with van der Waals surface area (Å²) >= 11 is 1.05. The Balaban J connectivity index is 1.74. The first-order chi connectivity index (χ1) is 12.3. The van der Waals surface area contributed by atoms with Crippen molar-refractivity contribution in [3.63, 3.8) is 0 Å². The summed E-state index contributed by atoms with van der Waals surface area (Å²) in [5.74, 6) is -0.688. The van der Waals surface area contributed by atoms with Gasteiger partial charge < -0.3 is 10.1 Å². The van der Waals surface area contributed by atoms with Crippen LogP contribution >= 0.6 is 11.3 Å². The number of rotatable bonds is 5. The third kappa shape index (κ3) is 4.17. The highest BCUT2D eigenvalue weighted by atomic mass is 32.1. The van der Waals surface area contributed by atoms with E-state index in [0.29, 0.717) is 10.9 Å². The summed E-state index contributed by atoms with van der Waals surface area (Å²) in [5, 5.41) is 8.14. The van der Waals surface area contributed by atoms with Gasteiger partial charge in [0.25, 0.3) is 0 Å². The van der Waals surface area contributed by atoms with Crippen molar-refractivity contribution in [1.29, 1.82) is 0 Å². The normalized spacial score (nSPS) is 12.6. The van der Waals surface area contributed by atoms with E-state index >= 15 is 0 Å². The van der Waals surface area contributed by atoms with E-state index in [9.17, 15) is 18.0 Å². The molecule has 0 aliphatic carbocycles. The summed E-state index contributed by atoms with van der Waals surface area (Å²) in [6, 6.07) is 5.16. The quantitative estimate of drug-likeness (QED) is 0.680. The monoisotopic (exact) mass is 383 g/mol. The molecule has 0 amide bonds. The Labute approximate surface area is 149 Å². The van der Waals surface area contributed by atoms with Gasteiger partial charge >= 0.3 is 12.1 Å². The van der Waals surface area contributed by atoms with Crippen LogP contribution in [0.2, 0.25) is 0 Å². The molecule has 0 saturated heterocycles. The van der Waals surface area contributed by atoms with Crippen LogP contribution in [0.25, 0.3) is 0 Å². The highest BCUT2D eigenvalue weighted by Crippen LogP contribution is 2.36. The van der Waals surface area contributed by atoms with E-state index in [-0.39, 0.29) is 11.3 Å². The number of ether oxygens (including phenoxy) is 1. The fourth-order valence-electron chi connectivity index (χ4n) is 2.04. The number of pyridine rings is 1. The van der Waals surface area contributed by atoms with Crippen molar-refractivity contribution in [2.45, 2.75) is 12.3 Å². The van der Waals surface area contributed by atoms with E-state index < -0.39 is 18.2 Å².